The van der Waals surface area contributed by atoms with Gasteiger partial charge in [0.25, 0.3) is 5.91 Å². The van der Waals surface area contributed by atoms with Gasteiger partial charge >= 0.3 is 0 Å². The van der Waals surface area contributed by atoms with Gasteiger partial charge in [0.1, 0.15) is 5.75 Å². The number of amides is 2. The highest BCUT2D eigenvalue weighted by atomic mass is 35.5. The normalized spacial score (nSPS) is 24.9. The second-order valence-corrected chi connectivity index (χ2v) is 9.60. The number of halogens is 1. The minimum absolute atomic E-state index is 0.0430. The molecule has 0 atom stereocenters. The Kier molecular flexibility index (Phi) is 5.12. The molecule has 0 spiro atoms. The number of aromatic nitrogens is 3. The van der Waals surface area contributed by atoms with Gasteiger partial charge in [0.2, 0.25) is 5.91 Å². The lowest BCUT2D eigenvalue weighted by Gasteiger charge is -2.53. The SMILES string of the molecule is O=C(NCC12CCC(CC1)N(C(=O)Cc1cncc(O)c1)C2)c1c(Cl)n[nH]c1C1CC1. The van der Waals surface area contributed by atoms with E-state index < -0.39 is 0 Å². The second-order valence-electron chi connectivity index (χ2n) is 9.24. The minimum atomic E-state index is -0.188. The van der Waals surface area contributed by atoms with E-state index >= 15 is 0 Å². The van der Waals surface area contributed by atoms with Crippen LogP contribution in [0.5, 0.6) is 5.75 Å². The van der Waals surface area contributed by atoms with Gasteiger partial charge in [-0.1, -0.05) is 11.6 Å². The van der Waals surface area contributed by atoms with Crippen molar-refractivity contribution in [3.05, 3.63) is 40.4 Å². The van der Waals surface area contributed by atoms with Gasteiger partial charge in [0.15, 0.2) is 5.15 Å². The number of carbonyl (C=O) groups excluding carboxylic acids is 2. The lowest BCUT2D eigenvalue weighted by molar-refractivity contribution is -0.142. The molecule has 31 heavy (non-hydrogen) atoms. The summed E-state index contributed by atoms with van der Waals surface area (Å²) >= 11 is 6.18. The third-order valence-corrected chi connectivity index (χ3v) is 7.28. The summed E-state index contributed by atoms with van der Waals surface area (Å²) in [6, 6.07) is 1.83. The average Bonchev–Trinajstić information content (AvgIpc) is 3.54. The first-order chi connectivity index (χ1) is 14.9. The molecule has 9 heteroatoms. The molecule has 4 aliphatic rings. The third-order valence-electron chi connectivity index (χ3n) is 7.01. The molecule has 0 aromatic carbocycles. The molecule has 2 bridgehead atoms. The molecule has 6 rings (SSSR count). The van der Waals surface area contributed by atoms with E-state index in [1.807, 2.05) is 4.90 Å². The van der Waals surface area contributed by atoms with Crippen LogP contribution in [-0.4, -0.2) is 56.1 Å². The molecule has 2 saturated carbocycles. The van der Waals surface area contributed by atoms with Crippen LogP contribution in [-0.2, 0) is 11.2 Å². The molecule has 4 fully saturated rings. The fraction of sp³-hybridized carbons (Fsp3) is 0.545. The maximum Gasteiger partial charge on any atom is 0.256 e. The lowest BCUT2D eigenvalue weighted by Crippen LogP contribution is -2.59. The molecule has 4 heterocycles. The molecule has 2 aliphatic heterocycles. The maximum absolute atomic E-state index is 13.0. The van der Waals surface area contributed by atoms with Crippen LogP contribution in [0, 0.1) is 5.41 Å². The van der Waals surface area contributed by atoms with Crippen molar-refractivity contribution in [2.45, 2.75) is 56.9 Å². The van der Waals surface area contributed by atoms with Crippen molar-refractivity contribution in [1.29, 1.82) is 0 Å². The van der Waals surface area contributed by atoms with Gasteiger partial charge in [-0.3, -0.25) is 19.7 Å². The smallest absolute Gasteiger partial charge is 0.256 e. The maximum atomic E-state index is 13.0. The summed E-state index contributed by atoms with van der Waals surface area (Å²) < 4.78 is 0. The monoisotopic (exact) mass is 443 g/mol. The Labute approximate surface area is 185 Å². The number of aromatic amines is 1. The number of rotatable bonds is 6. The summed E-state index contributed by atoms with van der Waals surface area (Å²) in [4.78, 5) is 31.8. The van der Waals surface area contributed by atoms with Crippen LogP contribution in [0.4, 0.5) is 0 Å². The number of hydrogen-bond acceptors (Lipinski definition) is 5. The fourth-order valence-corrected chi connectivity index (χ4v) is 5.35. The van der Waals surface area contributed by atoms with Gasteiger partial charge in [-0.05, 0) is 50.2 Å². The summed E-state index contributed by atoms with van der Waals surface area (Å²) in [5, 5.41) is 19.9. The molecule has 0 unspecified atom stereocenters. The van der Waals surface area contributed by atoms with Crippen LogP contribution in [0.25, 0.3) is 0 Å². The zero-order valence-electron chi connectivity index (χ0n) is 17.2. The number of aromatic hydroxyl groups is 1. The number of H-pyrrole nitrogens is 1. The van der Waals surface area contributed by atoms with Crippen molar-refractivity contribution >= 4 is 23.4 Å². The largest absolute Gasteiger partial charge is 0.506 e. The molecule has 164 valence electrons. The first-order valence-electron chi connectivity index (χ1n) is 10.9. The van der Waals surface area contributed by atoms with Crippen molar-refractivity contribution in [3.63, 3.8) is 0 Å². The number of piperidine rings is 2. The molecule has 8 nitrogen and oxygen atoms in total. The molecule has 2 aliphatic carbocycles. The summed E-state index contributed by atoms with van der Waals surface area (Å²) in [6.07, 6.45) is 9.16. The molecule has 3 N–H and O–H groups in total. The van der Waals surface area contributed by atoms with Gasteiger partial charge in [-0.2, -0.15) is 5.10 Å². The quantitative estimate of drug-likeness (QED) is 0.635. The Bertz CT molecular complexity index is 1010. The van der Waals surface area contributed by atoms with Gasteiger partial charge in [0, 0.05) is 36.7 Å². The topological polar surface area (TPSA) is 111 Å². The van der Waals surface area contributed by atoms with Crippen LogP contribution in [0.1, 0.15) is 66.1 Å². The fourth-order valence-electron chi connectivity index (χ4n) is 5.12. The van der Waals surface area contributed by atoms with E-state index in [4.69, 9.17) is 11.6 Å². The van der Waals surface area contributed by atoms with E-state index in [0.717, 1.165) is 44.2 Å². The van der Waals surface area contributed by atoms with Crippen molar-refractivity contribution in [2.75, 3.05) is 13.1 Å². The van der Waals surface area contributed by atoms with E-state index in [2.05, 4.69) is 20.5 Å². The van der Waals surface area contributed by atoms with E-state index in [-0.39, 0.29) is 40.6 Å². The predicted octanol–water partition coefficient (Wildman–Crippen LogP) is 2.78. The Morgan fingerprint density at radius 3 is 2.74 bits per heavy atom. The number of nitrogens with zero attached hydrogens (tertiary/aromatic N) is 3. The van der Waals surface area contributed by atoms with Crippen LogP contribution in [0.15, 0.2) is 18.5 Å². The summed E-state index contributed by atoms with van der Waals surface area (Å²) in [5.74, 6) is 0.269. The van der Waals surface area contributed by atoms with Crippen molar-refractivity contribution in [3.8, 4) is 5.75 Å². The first kappa shape index (κ1) is 20.3. The van der Waals surface area contributed by atoms with Gasteiger partial charge in [-0.15, -0.1) is 0 Å². The second kappa shape index (κ2) is 7.82. The van der Waals surface area contributed by atoms with Crippen LogP contribution in [0.2, 0.25) is 5.15 Å². The van der Waals surface area contributed by atoms with Gasteiger partial charge in [-0.25, -0.2) is 0 Å². The Morgan fingerprint density at radius 1 is 1.26 bits per heavy atom. The Balaban J connectivity index is 1.25. The van der Waals surface area contributed by atoms with Crippen molar-refractivity contribution < 1.29 is 14.7 Å². The van der Waals surface area contributed by atoms with Crippen molar-refractivity contribution in [2.24, 2.45) is 5.41 Å². The molecule has 2 aromatic heterocycles. The first-order valence-corrected chi connectivity index (χ1v) is 11.3. The number of pyridine rings is 1. The standard InChI is InChI=1S/C22H26ClN5O3/c23-20-18(19(26-27-20)14-1-2-14)21(31)25-11-22-5-3-15(4-6-22)28(12-22)17(30)8-13-7-16(29)10-24-9-13/h7,9-10,14-15,29H,1-6,8,11-12H2,(H,25,31)(H,26,27). The van der Waals surface area contributed by atoms with E-state index in [1.54, 1.807) is 12.3 Å². The number of carbonyl (C=O) groups is 2. The third kappa shape index (κ3) is 4.01. The summed E-state index contributed by atoms with van der Waals surface area (Å²) in [6.45, 7) is 1.15. The molecular formula is C22H26ClN5O3. The van der Waals surface area contributed by atoms with Crippen LogP contribution in [0.3, 0.4) is 0 Å². The minimum Gasteiger partial charge on any atom is -0.506 e. The highest BCUT2D eigenvalue weighted by molar-refractivity contribution is 6.32. The lowest BCUT2D eigenvalue weighted by atomic mass is 9.67. The molecule has 2 aromatic rings. The van der Waals surface area contributed by atoms with Gasteiger partial charge < -0.3 is 15.3 Å². The van der Waals surface area contributed by atoms with Crippen molar-refractivity contribution in [1.82, 2.24) is 25.4 Å². The summed E-state index contributed by atoms with van der Waals surface area (Å²) in [5.41, 5.74) is 1.89. The highest BCUT2D eigenvalue weighted by Crippen LogP contribution is 2.45. The van der Waals surface area contributed by atoms with E-state index in [1.165, 1.54) is 6.20 Å². The van der Waals surface area contributed by atoms with Gasteiger partial charge in [0.05, 0.1) is 23.9 Å². The van der Waals surface area contributed by atoms with Crippen LogP contribution >= 0.6 is 11.6 Å². The summed E-state index contributed by atoms with van der Waals surface area (Å²) in [7, 11) is 0. The molecule has 2 saturated heterocycles. The number of fused-ring (bicyclic) bond motifs is 3. The van der Waals surface area contributed by atoms with E-state index in [0.29, 0.717) is 30.1 Å². The highest BCUT2D eigenvalue weighted by Gasteiger charge is 2.46. The molecule has 2 amide bonds. The number of nitrogens with one attached hydrogen (secondary N) is 2. The number of hydrogen-bond donors (Lipinski definition) is 3. The zero-order chi connectivity index (χ0) is 21.6. The molecule has 0 radical (unpaired) electrons. The predicted molar refractivity (Wildman–Crippen MR) is 114 cm³/mol. The van der Waals surface area contributed by atoms with E-state index in [9.17, 15) is 14.7 Å². The average molecular weight is 444 g/mol. The molecular weight excluding hydrogens is 418 g/mol. The Hall–Kier alpha value is -2.61. The van der Waals surface area contributed by atoms with Crippen LogP contribution < -0.4 is 5.32 Å². The Morgan fingerprint density at radius 2 is 2.03 bits per heavy atom. The zero-order valence-corrected chi connectivity index (χ0v) is 18.0.